The van der Waals surface area contributed by atoms with Crippen LogP contribution in [-0.2, 0) is 16.0 Å². The Morgan fingerprint density at radius 3 is 2.62 bits per heavy atom. The number of rotatable bonds is 6. The van der Waals surface area contributed by atoms with Gasteiger partial charge in [0.25, 0.3) is 5.91 Å². The highest BCUT2D eigenvalue weighted by molar-refractivity contribution is 6.35. The molecular weight excluding hydrogens is 379 g/mol. The Hall–Kier alpha value is -2.05. The van der Waals surface area contributed by atoms with Crippen molar-refractivity contribution < 1.29 is 18.8 Å². The van der Waals surface area contributed by atoms with Crippen molar-refractivity contribution >= 4 is 35.1 Å². The molecule has 8 heteroatoms. The standard InChI is InChI=1S/C18H20Cl2N2O4/c1-5-15-16(10(3)26-22-15)18(24)25-11(4)17(23)21-9(2)13-7-6-12(19)8-14(13)20/h6-9,11H,5H2,1-4H3,(H,21,23)/t9-,11+/m1/s1. The molecule has 1 heterocycles. The molecule has 0 aliphatic heterocycles. The molecular formula is C18H20Cl2N2O4. The van der Waals surface area contributed by atoms with E-state index in [2.05, 4.69) is 10.5 Å². The number of halogens is 2. The first-order valence-corrected chi connectivity index (χ1v) is 8.91. The lowest BCUT2D eigenvalue weighted by Gasteiger charge is -2.19. The molecule has 140 valence electrons. The predicted molar refractivity (Wildman–Crippen MR) is 98.5 cm³/mol. The number of benzene rings is 1. The first-order valence-electron chi connectivity index (χ1n) is 8.16. The summed E-state index contributed by atoms with van der Waals surface area (Å²) in [4.78, 5) is 24.7. The van der Waals surface area contributed by atoms with Crippen molar-refractivity contribution in [2.24, 2.45) is 0 Å². The molecule has 0 bridgehead atoms. The number of carbonyl (C=O) groups is 2. The molecule has 0 fully saturated rings. The van der Waals surface area contributed by atoms with Crippen LogP contribution in [0.1, 0.15) is 54.2 Å². The number of aryl methyl sites for hydroxylation is 2. The number of carbonyl (C=O) groups excluding carboxylic acids is 2. The highest BCUT2D eigenvalue weighted by atomic mass is 35.5. The Bertz CT molecular complexity index is 820. The van der Waals surface area contributed by atoms with Crippen LogP contribution >= 0.6 is 23.2 Å². The molecule has 1 aromatic carbocycles. The monoisotopic (exact) mass is 398 g/mol. The van der Waals surface area contributed by atoms with E-state index < -0.39 is 18.0 Å². The van der Waals surface area contributed by atoms with E-state index in [0.29, 0.717) is 33.5 Å². The number of hydrogen-bond acceptors (Lipinski definition) is 5. The molecule has 0 saturated heterocycles. The van der Waals surface area contributed by atoms with Gasteiger partial charge in [-0.25, -0.2) is 4.79 Å². The minimum atomic E-state index is -0.991. The molecule has 0 spiro atoms. The first-order chi connectivity index (χ1) is 12.2. The Morgan fingerprint density at radius 1 is 1.31 bits per heavy atom. The van der Waals surface area contributed by atoms with Crippen LogP contribution in [0.3, 0.4) is 0 Å². The van der Waals surface area contributed by atoms with E-state index in [1.807, 2.05) is 6.92 Å². The number of amides is 1. The summed E-state index contributed by atoms with van der Waals surface area (Å²) in [6.07, 6.45) is -0.468. The lowest BCUT2D eigenvalue weighted by molar-refractivity contribution is -0.129. The molecule has 0 aliphatic rings. The topological polar surface area (TPSA) is 81.4 Å². The molecule has 2 aromatic rings. The average Bonchev–Trinajstić information content (AvgIpc) is 2.95. The summed E-state index contributed by atoms with van der Waals surface area (Å²) in [5, 5.41) is 7.53. The number of nitrogens with zero attached hydrogens (tertiary/aromatic N) is 1. The maximum atomic E-state index is 12.4. The molecule has 1 amide bonds. The fourth-order valence-electron chi connectivity index (χ4n) is 2.46. The summed E-state index contributed by atoms with van der Waals surface area (Å²) in [5.74, 6) is -0.717. The quantitative estimate of drug-likeness (QED) is 0.734. The van der Waals surface area contributed by atoms with E-state index in [9.17, 15) is 9.59 Å². The maximum Gasteiger partial charge on any atom is 0.344 e. The van der Waals surface area contributed by atoms with Crippen LogP contribution in [0.5, 0.6) is 0 Å². The number of ether oxygens (including phenoxy) is 1. The lowest BCUT2D eigenvalue weighted by Crippen LogP contribution is -2.37. The van der Waals surface area contributed by atoms with Gasteiger partial charge in [0.1, 0.15) is 11.3 Å². The Morgan fingerprint density at radius 2 is 2.00 bits per heavy atom. The van der Waals surface area contributed by atoms with Gasteiger partial charge in [-0.3, -0.25) is 4.79 Å². The fourth-order valence-corrected chi connectivity index (χ4v) is 3.03. The third kappa shape index (κ3) is 4.56. The predicted octanol–water partition coefficient (Wildman–Crippen LogP) is 4.27. The third-order valence-electron chi connectivity index (χ3n) is 3.91. The second-order valence-corrected chi connectivity index (χ2v) is 6.70. The zero-order chi connectivity index (χ0) is 19.4. The van der Waals surface area contributed by atoms with E-state index in [0.717, 1.165) is 0 Å². The Kier molecular flexibility index (Phi) is 6.67. The number of esters is 1. The van der Waals surface area contributed by atoms with Crippen LogP contribution in [0.2, 0.25) is 10.0 Å². The van der Waals surface area contributed by atoms with Crippen LogP contribution in [-0.4, -0.2) is 23.1 Å². The SMILES string of the molecule is CCc1noc(C)c1C(=O)O[C@@H](C)C(=O)N[C@H](C)c1ccc(Cl)cc1Cl. The van der Waals surface area contributed by atoms with Gasteiger partial charge in [0.15, 0.2) is 6.10 Å². The summed E-state index contributed by atoms with van der Waals surface area (Å²) >= 11 is 12.0. The van der Waals surface area contributed by atoms with Crippen LogP contribution in [0.4, 0.5) is 0 Å². The minimum Gasteiger partial charge on any atom is -0.449 e. The van der Waals surface area contributed by atoms with Gasteiger partial charge in [0, 0.05) is 10.0 Å². The van der Waals surface area contributed by atoms with Crippen molar-refractivity contribution in [1.82, 2.24) is 10.5 Å². The number of nitrogens with one attached hydrogen (secondary N) is 1. The molecule has 6 nitrogen and oxygen atoms in total. The van der Waals surface area contributed by atoms with Gasteiger partial charge in [-0.05, 0) is 44.9 Å². The number of aromatic nitrogens is 1. The van der Waals surface area contributed by atoms with Gasteiger partial charge < -0.3 is 14.6 Å². The van der Waals surface area contributed by atoms with Crippen LogP contribution in [0.15, 0.2) is 22.7 Å². The average molecular weight is 399 g/mol. The second kappa shape index (κ2) is 8.56. The Labute approximate surface area is 161 Å². The van der Waals surface area contributed by atoms with Crippen LogP contribution in [0, 0.1) is 6.92 Å². The fraction of sp³-hybridized carbons (Fsp3) is 0.389. The smallest absolute Gasteiger partial charge is 0.344 e. The maximum absolute atomic E-state index is 12.4. The van der Waals surface area contributed by atoms with Gasteiger partial charge in [-0.2, -0.15) is 0 Å². The highest BCUT2D eigenvalue weighted by Gasteiger charge is 2.26. The van der Waals surface area contributed by atoms with Crippen molar-refractivity contribution in [2.75, 3.05) is 0 Å². The lowest BCUT2D eigenvalue weighted by atomic mass is 10.1. The van der Waals surface area contributed by atoms with Crippen LogP contribution < -0.4 is 5.32 Å². The third-order valence-corrected chi connectivity index (χ3v) is 4.48. The van der Waals surface area contributed by atoms with E-state index in [1.54, 1.807) is 32.0 Å². The zero-order valence-electron chi connectivity index (χ0n) is 14.9. The summed E-state index contributed by atoms with van der Waals surface area (Å²) in [5.41, 5.74) is 1.48. The summed E-state index contributed by atoms with van der Waals surface area (Å²) in [6.45, 7) is 6.75. The normalized spacial score (nSPS) is 13.2. The van der Waals surface area contributed by atoms with Crippen molar-refractivity contribution in [3.63, 3.8) is 0 Å². The van der Waals surface area contributed by atoms with Crippen molar-refractivity contribution in [3.8, 4) is 0 Å². The molecule has 0 saturated carbocycles. The van der Waals surface area contributed by atoms with Gasteiger partial charge in [-0.1, -0.05) is 41.3 Å². The van der Waals surface area contributed by atoms with Crippen molar-refractivity contribution in [1.29, 1.82) is 0 Å². The number of hydrogen-bond donors (Lipinski definition) is 1. The van der Waals surface area contributed by atoms with Crippen molar-refractivity contribution in [2.45, 2.75) is 46.3 Å². The Balaban J connectivity index is 2.03. The molecule has 0 unspecified atom stereocenters. The molecule has 26 heavy (non-hydrogen) atoms. The molecule has 0 aliphatic carbocycles. The molecule has 2 rings (SSSR count). The first kappa shape index (κ1) is 20.3. The van der Waals surface area contributed by atoms with Crippen LogP contribution in [0.25, 0.3) is 0 Å². The van der Waals surface area contributed by atoms with E-state index in [1.165, 1.54) is 6.92 Å². The van der Waals surface area contributed by atoms with E-state index >= 15 is 0 Å². The molecule has 0 radical (unpaired) electrons. The van der Waals surface area contributed by atoms with Gasteiger partial charge in [0.2, 0.25) is 0 Å². The van der Waals surface area contributed by atoms with Gasteiger partial charge in [0.05, 0.1) is 11.7 Å². The summed E-state index contributed by atoms with van der Waals surface area (Å²) in [7, 11) is 0. The molecule has 1 aromatic heterocycles. The van der Waals surface area contributed by atoms with E-state index in [4.69, 9.17) is 32.5 Å². The highest BCUT2D eigenvalue weighted by Crippen LogP contribution is 2.26. The van der Waals surface area contributed by atoms with Crippen molar-refractivity contribution in [3.05, 3.63) is 50.8 Å². The van der Waals surface area contributed by atoms with E-state index in [-0.39, 0.29) is 11.6 Å². The van der Waals surface area contributed by atoms with Gasteiger partial charge >= 0.3 is 5.97 Å². The zero-order valence-corrected chi connectivity index (χ0v) is 16.4. The summed E-state index contributed by atoms with van der Waals surface area (Å²) < 4.78 is 10.3. The summed E-state index contributed by atoms with van der Waals surface area (Å²) in [6, 6.07) is 4.65. The van der Waals surface area contributed by atoms with Gasteiger partial charge in [-0.15, -0.1) is 0 Å². The molecule has 2 atom stereocenters. The second-order valence-electron chi connectivity index (χ2n) is 5.86. The largest absolute Gasteiger partial charge is 0.449 e. The minimum absolute atomic E-state index is 0.265. The molecule has 1 N–H and O–H groups in total.